The Morgan fingerprint density at radius 1 is 1.67 bits per heavy atom. The maximum Gasteiger partial charge on any atom is 0.250 e. The van der Waals surface area contributed by atoms with Crippen LogP contribution in [0.4, 0.5) is 8.78 Å². The Morgan fingerprint density at radius 3 is 2.17 bits per heavy atom. The summed E-state index contributed by atoms with van der Waals surface area (Å²) in [6.45, 7) is -0.208. The zero-order valence-corrected chi connectivity index (χ0v) is 3.54. The van der Waals surface area contributed by atoms with Gasteiger partial charge in [-0.15, -0.1) is 0 Å². The zero-order chi connectivity index (χ0) is 4.99. The highest BCUT2D eigenvalue weighted by Gasteiger charge is 1.94. The number of rotatable bonds is 2. The predicted molar refractivity (Wildman–Crippen MR) is 19.9 cm³/mol. The number of hydrogen-bond acceptors (Lipinski definition) is 1. The summed E-state index contributed by atoms with van der Waals surface area (Å²) < 4.78 is 21.9. The third-order valence-corrected chi connectivity index (χ3v) is 0.358. The van der Waals surface area contributed by atoms with Gasteiger partial charge in [-0.25, -0.2) is 8.78 Å². The van der Waals surface area contributed by atoms with E-state index in [2.05, 4.69) is 5.32 Å². The van der Waals surface area contributed by atoms with Gasteiger partial charge >= 0.3 is 0 Å². The minimum Gasteiger partial charge on any atom is -0.315 e. The summed E-state index contributed by atoms with van der Waals surface area (Å²) in [6.07, 6.45) is -2.21. The van der Waals surface area contributed by atoms with Gasteiger partial charge in [-0.2, -0.15) is 0 Å². The molecule has 0 spiro atoms. The molecule has 0 heterocycles. The van der Waals surface area contributed by atoms with Crippen LogP contribution in [0.3, 0.4) is 0 Å². The second kappa shape index (κ2) is 3.03. The second-order valence-electron chi connectivity index (χ2n) is 0.949. The molecule has 0 aromatic heterocycles. The number of nitrogens with one attached hydrogen (secondary N) is 1. The molecular weight excluding hydrogens is 88.0 g/mol. The maximum atomic E-state index is 11.0. The fourth-order valence-electron chi connectivity index (χ4n) is 0.154. The van der Waals surface area contributed by atoms with Gasteiger partial charge in [-0.05, 0) is 7.05 Å². The molecule has 0 amide bonds. The molecule has 3 heteroatoms. The summed E-state index contributed by atoms with van der Waals surface area (Å²) in [4.78, 5) is 0. The van der Waals surface area contributed by atoms with Crippen LogP contribution in [-0.4, -0.2) is 20.0 Å². The van der Waals surface area contributed by atoms with Crippen molar-refractivity contribution in [1.29, 1.82) is 0 Å². The van der Waals surface area contributed by atoms with Gasteiger partial charge in [0.25, 0.3) is 6.43 Å². The molecule has 0 aromatic rings. The van der Waals surface area contributed by atoms with Gasteiger partial charge in [-0.3, -0.25) is 0 Å². The van der Waals surface area contributed by atoms with Crippen LogP contribution in [0.1, 0.15) is 0 Å². The summed E-state index contributed by atoms with van der Waals surface area (Å²) >= 11 is 0. The van der Waals surface area contributed by atoms with Crippen molar-refractivity contribution in [2.75, 3.05) is 13.6 Å². The molecule has 38 valence electrons. The lowest BCUT2D eigenvalue weighted by atomic mass is 10.7. The molecule has 1 N–H and O–H groups in total. The van der Waals surface area contributed by atoms with Crippen molar-refractivity contribution < 1.29 is 8.78 Å². The molecular formula is C3H7F2N. The van der Waals surface area contributed by atoms with E-state index in [0.717, 1.165) is 0 Å². The molecule has 6 heavy (non-hydrogen) atoms. The zero-order valence-electron chi connectivity index (χ0n) is 3.54. The average Bonchev–Trinajstić information content (AvgIpc) is 1.35. The van der Waals surface area contributed by atoms with Gasteiger partial charge in [0.05, 0.1) is 6.54 Å². The third kappa shape index (κ3) is 3.82. The van der Waals surface area contributed by atoms with Crippen LogP contribution in [0.5, 0.6) is 0 Å². The first-order chi connectivity index (χ1) is 2.77. The predicted octanol–water partition coefficient (Wildman–Crippen LogP) is 0.471. The standard InChI is InChI=1S/C3H7F2N/c1-6-2-3(4)5/h3,6H,2H2,1H3. The summed E-state index contributed by atoms with van der Waals surface area (Å²) in [5.41, 5.74) is 0. The molecule has 0 saturated heterocycles. The van der Waals surface area contributed by atoms with Crippen molar-refractivity contribution in [3.63, 3.8) is 0 Å². The second-order valence-corrected chi connectivity index (χ2v) is 0.949. The van der Waals surface area contributed by atoms with E-state index < -0.39 is 6.43 Å². The molecule has 0 rings (SSSR count). The van der Waals surface area contributed by atoms with Crippen molar-refractivity contribution in [3.05, 3.63) is 0 Å². The van der Waals surface area contributed by atoms with Gasteiger partial charge < -0.3 is 5.32 Å². The highest BCUT2D eigenvalue weighted by molar-refractivity contribution is 4.37. The molecule has 0 radical (unpaired) electrons. The Labute approximate surface area is 35.4 Å². The Balaban J connectivity index is 2.63. The van der Waals surface area contributed by atoms with Gasteiger partial charge in [0.2, 0.25) is 0 Å². The average molecular weight is 95.1 g/mol. The molecule has 0 bridgehead atoms. The summed E-state index contributed by atoms with van der Waals surface area (Å²) in [5, 5.41) is 2.32. The monoisotopic (exact) mass is 95.1 g/mol. The van der Waals surface area contributed by atoms with Gasteiger partial charge in [0, 0.05) is 0 Å². The van der Waals surface area contributed by atoms with Crippen LogP contribution in [0.2, 0.25) is 0 Å². The van der Waals surface area contributed by atoms with E-state index in [1.807, 2.05) is 0 Å². The van der Waals surface area contributed by atoms with Crippen LogP contribution in [-0.2, 0) is 0 Å². The van der Waals surface area contributed by atoms with E-state index in [1.54, 1.807) is 0 Å². The number of alkyl halides is 2. The highest BCUT2D eigenvalue weighted by atomic mass is 19.3. The largest absolute Gasteiger partial charge is 0.315 e. The summed E-state index contributed by atoms with van der Waals surface area (Å²) in [6, 6.07) is 0. The minimum atomic E-state index is -2.21. The molecule has 1 nitrogen and oxygen atoms in total. The van der Waals surface area contributed by atoms with Gasteiger partial charge in [0.1, 0.15) is 0 Å². The Kier molecular flexibility index (Phi) is 2.94. The minimum absolute atomic E-state index is 0.208. The number of halogens is 2. The van der Waals surface area contributed by atoms with Gasteiger partial charge in [-0.1, -0.05) is 0 Å². The number of hydrogen-bond donors (Lipinski definition) is 1. The molecule has 0 saturated carbocycles. The molecule has 0 atom stereocenters. The summed E-state index contributed by atoms with van der Waals surface area (Å²) in [5.74, 6) is 0. The Morgan fingerprint density at radius 2 is 2.17 bits per heavy atom. The fraction of sp³-hybridized carbons (Fsp3) is 1.00. The smallest absolute Gasteiger partial charge is 0.250 e. The van der Waals surface area contributed by atoms with Crippen LogP contribution in [0, 0.1) is 0 Å². The Bertz CT molecular complexity index is 30.0. The first-order valence-corrected chi connectivity index (χ1v) is 1.70. The first kappa shape index (κ1) is 5.82. The molecule has 0 aromatic carbocycles. The van der Waals surface area contributed by atoms with Crippen molar-refractivity contribution >= 4 is 0 Å². The molecule has 0 unspecified atom stereocenters. The van der Waals surface area contributed by atoms with Crippen molar-refractivity contribution in [3.8, 4) is 0 Å². The quantitative estimate of drug-likeness (QED) is 0.525. The van der Waals surface area contributed by atoms with Crippen LogP contribution < -0.4 is 5.32 Å². The molecule has 0 fully saturated rings. The lowest BCUT2D eigenvalue weighted by Crippen LogP contribution is -2.15. The van der Waals surface area contributed by atoms with Gasteiger partial charge in [0.15, 0.2) is 0 Å². The lowest BCUT2D eigenvalue weighted by molar-refractivity contribution is 0.149. The summed E-state index contributed by atoms with van der Waals surface area (Å²) in [7, 11) is 1.49. The van der Waals surface area contributed by atoms with Crippen molar-refractivity contribution in [2.24, 2.45) is 0 Å². The first-order valence-electron chi connectivity index (χ1n) is 1.70. The van der Waals surface area contributed by atoms with Crippen LogP contribution in [0.25, 0.3) is 0 Å². The highest BCUT2D eigenvalue weighted by Crippen LogP contribution is 1.84. The normalized spacial score (nSPS) is 10.0. The van der Waals surface area contributed by atoms with E-state index in [-0.39, 0.29) is 6.54 Å². The van der Waals surface area contributed by atoms with E-state index in [1.165, 1.54) is 7.05 Å². The topological polar surface area (TPSA) is 12.0 Å². The third-order valence-electron chi connectivity index (χ3n) is 0.358. The maximum absolute atomic E-state index is 11.0. The fourth-order valence-corrected chi connectivity index (χ4v) is 0.154. The molecule has 0 aliphatic heterocycles. The Hall–Kier alpha value is -0.180. The van der Waals surface area contributed by atoms with Crippen molar-refractivity contribution in [2.45, 2.75) is 6.43 Å². The van der Waals surface area contributed by atoms with Crippen molar-refractivity contribution in [1.82, 2.24) is 5.32 Å². The SMILES string of the molecule is CNCC(F)F. The van der Waals surface area contributed by atoms with E-state index in [0.29, 0.717) is 0 Å². The van der Waals surface area contributed by atoms with Crippen LogP contribution >= 0.6 is 0 Å². The molecule has 0 aliphatic rings. The van der Waals surface area contributed by atoms with E-state index >= 15 is 0 Å². The van der Waals surface area contributed by atoms with E-state index in [4.69, 9.17) is 0 Å². The van der Waals surface area contributed by atoms with E-state index in [9.17, 15) is 8.78 Å². The lowest BCUT2D eigenvalue weighted by Gasteiger charge is -1.91. The molecule has 0 aliphatic carbocycles. The van der Waals surface area contributed by atoms with Crippen LogP contribution in [0.15, 0.2) is 0 Å².